The molecule has 0 saturated carbocycles. The minimum atomic E-state index is 0.185. The molecule has 1 amide bonds. The van der Waals surface area contributed by atoms with Gasteiger partial charge >= 0.3 is 0 Å². The highest BCUT2D eigenvalue weighted by molar-refractivity contribution is 6.30. The van der Waals surface area contributed by atoms with Gasteiger partial charge in [-0.1, -0.05) is 54.1 Å². The average Bonchev–Trinajstić information content (AvgIpc) is 2.69. The van der Waals surface area contributed by atoms with Crippen LogP contribution in [0.1, 0.15) is 5.56 Å². The Morgan fingerprint density at radius 1 is 0.962 bits per heavy atom. The first kappa shape index (κ1) is 16.9. The first-order chi connectivity index (χ1) is 12.7. The van der Waals surface area contributed by atoms with E-state index < -0.39 is 0 Å². The van der Waals surface area contributed by atoms with Gasteiger partial charge in [0.05, 0.1) is 11.4 Å². The molecular weight excluding hydrogens is 346 g/mol. The third-order valence-corrected chi connectivity index (χ3v) is 5.11. The van der Waals surface area contributed by atoms with Crippen LogP contribution in [-0.4, -0.2) is 42.0 Å². The van der Waals surface area contributed by atoms with E-state index in [1.54, 1.807) is 6.20 Å². The van der Waals surface area contributed by atoms with Gasteiger partial charge in [0.1, 0.15) is 5.82 Å². The van der Waals surface area contributed by atoms with Crippen LogP contribution >= 0.6 is 11.6 Å². The number of anilines is 1. The zero-order valence-electron chi connectivity index (χ0n) is 14.4. The summed E-state index contributed by atoms with van der Waals surface area (Å²) in [5, 5.41) is 2.97. The minimum absolute atomic E-state index is 0.185. The summed E-state index contributed by atoms with van der Waals surface area (Å²) in [6.07, 6.45) is 2.11. The SMILES string of the molecule is O=C(Cc1cccc2ccccc12)N1CCN(c2ccc(Cl)cn2)CC1. The number of carbonyl (C=O) groups is 1. The van der Waals surface area contributed by atoms with Crippen molar-refractivity contribution in [2.45, 2.75) is 6.42 Å². The zero-order chi connectivity index (χ0) is 17.9. The normalized spacial score (nSPS) is 14.7. The molecule has 3 aromatic rings. The Hall–Kier alpha value is -2.59. The molecule has 5 heteroatoms. The number of hydrogen-bond donors (Lipinski definition) is 0. The molecule has 0 unspecified atom stereocenters. The van der Waals surface area contributed by atoms with Gasteiger partial charge < -0.3 is 9.80 Å². The van der Waals surface area contributed by atoms with Crippen LogP contribution in [0.4, 0.5) is 5.82 Å². The molecule has 4 nitrogen and oxygen atoms in total. The van der Waals surface area contributed by atoms with Gasteiger partial charge in [-0.25, -0.2) is 4.98 Å². The fraction of sp³-hybridized carbons (Fsp3) is 0.238. The van der Waals surface area contributed by atoms with Gasteiger partial charge in [-0.05, 0) is 28.5 Å². The number of rotatable bonds is 3. The number of fused-ring (bicyclic) bond motifs is 1. The van der Waals surface area contributed by atoms with Crippen LogP contribution in [0.15, 0.2) is 60.8 Å². The Balaban J connectivity index is 1.41. The second kappa shape index (κ2) is 7.34. The molecule has 1 saturated heterocycles. The standard InChI is InChI=1S/C21H20ClN3O/c22-18-8-9-20(23-15-18)24-10-12-25(13-11-24)21(26)14-17-6-3-5-16-4-1-2-7-19(16)17/h1-9,15H,10-14H2. The summed E-state index contributed by atoms with van der Waals surface area (Å²) in [6, 6.07) is 18.2. The maximum Gasteiger partial charge on any atom is 0.227 e. The Kier molecular flexibility index (Phi) is 4.76. The quantitative estimate of drug-likeness (QED) is 0.708. The lowest BCUT2D eigenvalue weighted by molar-refractivity contribution is -0.130. The lowest BCUT2D eigenvalue weighted by atomic mass is 10.0. The minimum Gasteiger partial charge on any atom is -0.353 e. The van der Waals surface area contributed by atoms with Crippen LogP contribution in [0.2, 0.25) is 5.02 Å². The Bertz CT molecular complexity index is 913. The number of carbonyl (C=O) groups excluding carboxylic acids is 1. The van der Waals surface area contributed by atoms with E-state index in [1.165, 1.54) is 5.39 Å². The predicted molar refractivity (Wildman–Crippen MR) is 106 cm³/mol. The summed E-state index contributed by atoms with van der Waals surface area (Å²) in [6.45, 7) is 3.01. The summed E-state index contributed by atoms with van der Waals surface area (Å²) in [7, 11) is 0. The van der Waals surface area contributed by atoms with Gasteiger partial charge in [-0.2, -0.15) is 0 Å². The van der Waals surface area contributed by atoms with Crippen molar-refractivity contribution in [3.63, 3.8) is 0 Å². The van der Waals surface area contributed by atoms with E-state index in [9.17, 15) is 4.79 Å². The molecule has 0 radical (unpaired) electrons. The summed E-state index contributed by atoms with van der Waals surface area (Å²) in [5.41, 5.74) is 1.09. The van der Waals surface area contributed by atoms with Crippen molar-refractivity contribution in [3.05, 3.63) is 71.4 Å². The van der Waals surface area contributed by atoms with Gasteiger partial charge in [-0.3, -0.25) is 4.79 Å². The maximum atomic E-state index is 12.8. The van der Waals surface area contributed by atoms with Crippen molar-refractivity contribution in [1.82, 2.24) is 9.88 Å². The molecule has 132 valence electrons. The highest BCUT2D eigenvalue weighted by atomic mass is 35.5. The van der Waals surface area contributed by atoms with Crippen molar-refractivity contribution in [2.75, 3.05) is 31.1 Å². The highest BCUT2D eigenvalue weighted by Gasteiger charge is 2.22. The van der Waals surface area contributed by atoms with Crippen LogP contribution in [0, 0.1) is 0 Å². The third-order valence-electron chi connectivity index (χ3n) is 4.89. The molecule has 0 bridgehead atoms. The number of halogens is 1. The van der Waals surface area contributed by atoms with Gasteiger partial charge in [0, 0.05) is 32.4 Å². The molecule has 4 rings (SSSR count). The fourth-order valence-corrected chi connectivity index (χ4v) is 3.57. The molecule has 0 aliphatic carbocycles. The van der Waals surface area contributed by atoms with Gasteiger partial charge in [0.15, 0.2) is 0 Å². The third kappa shape index (κ3) is 3.51. The number of hydrogen-bond acceptors (Lipinski definition) is 3. The summed E-state index contributed by atoms with van der Waals surface area (Å²) < 4.78 is 0. The topological polar surface area (TPSA) is 36.4 Å². The summed E-state index contributed by atoms with van der Waals surface area (Å²) >= 11 is 5.90. The lowest BCUT2D eigenvalue weighted by Crippen LogP contribution is -2.49. The van der Waals surface area contributed by atoms with Crippen LogP contribution in [0.25, 0.3) is 10.8 Å². The van der Waals surface area contributed by atoms with Crippen molar-refractivity contribution in [3.8, 4) is 0 Å². The molecule has 1 fully saturated rings. The number of amides is 1. The first-order valence-corrected chi connectivity index (χ1v) is 9.19. The Morgan fingerprint density at radius 3 is 2.50 bits per heavy atom. The Labute approximate surface area is 158 Å². The Morgan fingerprint density at radius 2 is 1.73 bits per heavy atom. The smallest absolute Gasteiger partial charge is 0.227 e. The van der Waals surface area contributed by atoms with E-state index in [0.717, 1.165) is 29.9 Å². The number of benzene rings is 2. The van der Waals surface area contributed by atoms with Crippen LogP contribution < -0.4 is 4.90 Å². The molecule has 1 aliphatic rings. The van der Waals surface area contributed by atoms with Crippen LogP contribution in [0.3, 0.4) is 0 Å². The molecule has 1 aromatic heterocycles. The largest absolute Gasteiger partial charge is 0.353 e. The van der Waals surface area contributed by atoms with Gasteiger partial charge in [0.2, 0.25) is 5.91 Å². The number of aromatic nitrogens is 1. The number of nitrogens with zero attached hydrogens (tertiary/aromatic N) is 3. The fourth-order valence-electron chi connectivity index (χ4n) is 3.46. The predicted octanol–water partition coefficient (Wildman–Crippen LogP) is 3.78. The number of piperazine rings is 1. The highest BCUT2D eigenvalue weighted by Crippen LogP contribution is 2.20. The zero-order valence-corrected chi connectivity index (χ0v) is 15.2. The van der Waals surface area contributed by atoms with E-state index in [2.05, 4.69) is 28.1 Å². The van der Waals surface area contributed by atoms with E-state index in [-0.39, 0.29) is 5.91 Å². The van der Waals surface area contributed by atoms with Crippen molar-refractivity contribution >= 4 is 34.1 Å². The average molecular weight is 366 g/mol. The maximum absolute atomic E-state index is 12.8. The first-order valence-electron chi connectivity index (χ1n) is 8.81. The molecule has 0 N–H and O–H groups in total. The molecule has 2 aromatic carbocycles. The van der Waals surface area contributed by atoms with Crippen molar-refractivity contribution in [2.24, 2.45) is 0 Å². The lowest BCUT2D eigenvalue weighted by Gasteiger charge is -2.35. The molecule has 1 aliphatic heterocycles. The molecular formula is C21H20ClN3O. The van der Waals surface area contributed by atoms with E-state index in [0.29, 0.717) is 24.5 Å². The van der Waals surface area contributed by atoms with E-state index >= 15 is 0 Å². The van der Waals surface area contributed by atoms with Crippen molar-refractivity contribution in [1.29, 1.82) is 0 Å². The molecule has 0 atom stereocenters. The van der Waals surface area contributed by atoms with Gasteiger partial charge in [-0.15, -0.1) is 0 Å². The van der Waals surface area contributed by atoms with Crippen LogP contribution in [0.5, 0.6) is 0 Å². The molecule has 2 heterocycles. The second-order valence-corrected chi connectivity index (χ2v) is 6.95. The number of pyridine rings is 1. The molecule has 0 spiro atoms. The monoisotopic (exact) mass is 365 g/mol. The van der Waals surface area contributed by atoms with Crippen LogP contribution in [-0.2, 0) is 11.2 Å². The summed E-state index contributed by atoms with van der Waals surface area (Å²) in [5.74, 6) is 1.10. The molecule has 26 heavy (non-hydrogen) atoms. The van der Waals surface area contributed by atoms with Crippen molar-refractivity contribution < 1.29 is 4.79 Å². The second-order valence-electron chi connectivity index (χ2n) is 6.52. The summed E-state index contributed by atoms with van der Waals surface area (Å²) in [4.78, 5) is 21.3. The van der Waals surface area contributed by atoms with E-state index in [1.807, 2.05) is 41.3 Å². The van der Waals surface area contributed by atoms with E-state index in [4.69, 9.17) is 11.6 Å². The van der Waals surface area contributed by atoms with Gasteiger partial charge in [0.25, 0.3) is 0 Å².